The van der Waals surface area contributed by atoms with Crippen molar-refractivity contribution in [1.29, 1.82) is 0 Å². The molecule has 3 rings (SSSR count). The highest BCUT2D eigenvalue weighted by Gasteiger charge is 2.17. The Labute approximate surface area is 92.4 Å². The van der Waals surface area contributed by atoms with Crippen LogP contribution in [0.4, 0.5) is 0 Å². The minimum Gasteiger partial charge on any atom is -0.0827 e. The molecule has 0 N–H and O–H groups in total. The van der Waals surface area contributed by atoms with Gasteiger partial charge in [0.1, 0.15) is 0 Å². The molecule has 0 unspecified atom stereocenters. The zero-order valence-electron chi connectivity index (χ0n) is 7.48. The zero-order valence-corrected chi connectivity index (χ0v) is 8.99. The Balaban J connectivity index is 2.57. The van der Waals surface area contributed by atoms with Crippen molar-refractivity contribution < 1.29 is 0 Å². The molecular formula is C12H8Cl2. The van der Waals surface area contributed by atoms with Crippen LogP contribution in [0.1, 0.15) is 11.1 Å². The first-order valence-corrected chi connectivity index (χ1v) is 5.41. The molecule has 0 radical (unpaired) electrons. The second-order valence-electron chi connectivity index (χ2n) is 3.67. The molecule has 0 spiro atoms. The Morgan fingerprint density at radius 2 is 1.79 bits per heavy atom. The summed E-state index contributed by atoms with van der Waals surface area (Å²) < 4.78 is 0. The van der Waals surface area contributed by atoms with Crippen LogP contribution in [0, 0.1) is 0 Å². The van der Waals surface area contributed by atoms with Gasteiger partial charge in [-0.05, 0) is 35.4 Å². The van der Waals surface area contributed by atoms with Crippen LogP contribution < -0.4 is 0 Å². The molecule has 70 valence electrons. The van der Waals surface area contributed by atoms with Gasteiger partial charge < -0.3 is 0 Å². The maximum absolute atomic E-state index is 6.17. The fourth-order valence-electron chi connectivity index (χ4n) is 2.25. The van der Waals surface area contributed by atoms with E-state index in [0.29, 0.717) is 10.0 Å². The number of rotatable bonds is 0. The van der Waals surface area contributed by atoms with Gasteiger partial charge in [0.25, 0.3) is 0 Å². The first-order chi connectivity index (χ1) is 6.77. The molecular weight excluding hydrogens is 215 g/mol. The third-order valence-corrected chi connectivity index (χ3v) is 3.68. The second-order valence-corrected chi connectivity index (χ2v) is 4.46. The van der Waals surface area contributed by atoms with E-state index in [9.17, 15) is 0 Å². The lowest BCUT2D eigenvalue weighted by molar-refractivity contribution is 1.02. The van der Waals surface area contributed by atoms with Gasteiger partial charge in [0.15, 0.2) is 0 Å². The lowest BCUT2D eigenvalue weighted by Gasteiger charge is -2.05. The van der Waals surface area contributed by atoms with Gasteiger partial charge in [0.05, 0.1) is 10.0 Å². The van der Waals surface area contributed by atoms with Gasteiger partial charge in [0.2, 0.25) is 0 Å². The number of hydrogen-bond acceptors (Lipinski definition) is 0. The fraction of sp³-hybridized carbons (Fsp3) is 0.167. The summed E-state index contributed by atoms with van der Waals surface area (Å²) in [7, 11) is 0. The highest BCUT2D eigenvalue weighted by Crippen LogP contribution is 2.38. The summed E-state index contributed by atoms with van der Waals surface area (Å²) in [6.45, 7) is 0. The SMILES string of the molecule is Clc1cc2c3c(cccc3c1Cl)CC2. The second kappa shape index (κ2) is 2.88. The zero-order chi connectivity index (χ0) is 9.71. The van der Waals surface area contributed by atoms with E-state index >= 15 is 0 Å². The maximum Gasteiger partial charge on any atom is 0.0670 e. The van der Waals surface area contributed by atoms with Crippen molar-refractivity contribution in [3.05, 3.63) is 45.4 Å². The summed E-state index contributed by atoms with van der Waals surface area (Å²) in [5.74, 6) is 0. The Bertz CT molecular complexity index is 529. The minimum absolute atomic E-state index is 0.674. The van der Waals surface area contributed by atoms with E-state index in [1.807, 2.05) is 12.1 Å². The van der Waals surface area contributed by atoms with Crippen LogP contribution in [0.2, 0.25) is 10.0 Å². The quantitative estimate of drug-likeness (QED) is 0.626. The Kier molecular flexibility index (Phi) is 1.77. The first-order valence-electron chi connectivity index (χ1n) is 4.66. The van der Waals surface area contributed by atoms with Crippen molar-refractivity contribution in [1.82, 2.24) is 0 Å². The minimum atomic E-state index is 0.674. The van der Waals surface area contributed by atoms with E-state index in [2.05, 4.69) is 12.1 Å². The topological polar surface area (TPSA) is 0 Å². The summed E-state index contributed by atoms with van der Waals surface area (Å²) in [6, 6.07) is 8.27. The van der Waals surface area contributed by atoms with Crippen molar-refractivity contribution >= 4 is 34.0 Å². The van der Waals surface area contributed by atoms with E-state index in [-0.39, 0.29) is 0 Å². The highest BCUT2D eigenvalue weighted by molar-refractivity contribution is 6.45. The molecule has 0 fully saturated rings. The molecule has 0 atom stereocenters. The van der Waals surface area contributed by atoms with Crippen molar-refractivity contribution in [3.8, 4) is 0 Å². The van der Waals surface area contributed by atoms with E-state index < -0.39 is 0 Å². The lowest BCUT2D eigenvalue weighted by Crippen LogP contribution is -1.81. The fourth-order valence-corrected chi connectivity index (χ4v) is 2.70. The smallest absolute Gasteiger partial charge is 0.0670 e. The van der Waals surface area contributed by atoms with Gasteiger partial charge in [-0.25, -0.2) is 0 Å². The van der Waals surface area contributed by atoms with E-state index in [1.165, 1.54) is 16.5 Å². The number of hydrogen-bond donors (Lipinski definition) is 0. The van der Waals surface area contributed by atoms with E-state index in [0.717, 1.165) is 18.2 Å². The van der Waals surface area contributed by atoms with Gasteiger partial charge in [-0.1, -0.05) is 41.4 Å². The van der Waals surface area contributed by atoms with E-state index in [1.54, 1.807) is 0 Å². The predicted molar refractivity (Wildman–Crippen MR) is 61.4 cm³/mol. The van der Waals surface area contributed by atoms with Crippen molar-refractivity contribution in [2.45, 2.75) is 12.8 Å². The normalized spacial score (nSPS) is 13.9. The molecule has 1 aliphatic carbocycles. The van der Waals surface area contributed by atoms with Crippen LogP contribution in [0.3, 0.4) is 0 Å². The molecule has 0 saturated carbocycles. The molecule has 0 bridgehead atoms. The van der Waals surface area contributed by atoms with Gasteiger partial charge in [-0.3, -0.25) is 0 Å². The van der Waals surface area contributed by atoms with Gasteiger partial charge >= 0.3 is 0 Å². The van der Waals surface area contributed by atoms with Gasteiger partial charge in [-0.2, -0.15) is 0 Å². The lowest BCUT2D eigenvalue weighted by atomic mass is 10.1. The highest BCUT2D eigenvalue weighted by atomic mass is 35.5. The number of benzene rings is 2. The molecule has 0 aromatic heterocycles. The molecule has 0 amide bonds. The van der Waals surface area contributed by atoms with Gasteiger partial charge in [-0.15, -0.1) is 0 Å². The molecule has 0 saturated heterocycles. The van der Waals surface area contributed by atoms with Crippen LogP contribution >= 0.6 is 23.2 Å². The average Bonchev–Trinajstić information content (AvgIpc) is 2.59. The maximum atomic E-state index is 6.17. The Morgan fingerprint density at radius 3 is 2.64 bits per heavy atom. The van der Waals surface area contributed by atoms with Crippen molar-refractivity contribution in [2.24, 2.45) is 0 Å². The summed E-state index contributed by atoms with van der Waals surface area (Å²) in [4.78, 5) is 0. The molecule has 0 nitrogen and oxygen atoms in total. The average molecular weight is 223 g/mol. The van der Waals surface area contributed by atoms with Crippen LogP contribution in [0.5, 0.6) is 0 Å². The molecule has 2 aromatic rings. The molecule has 2 aromatic carbocycles. The molecule has 14 heavy (non-hydrogen) atoms. The summed E-state index contributed by atoms with van der Waals surface area (Å²) in [5.41, 5.74) is 2.74. The summed E-state index contributed by atoms with van der Waals surface area (Å²) in [6.07, 6.45) is 2.20. The molecule has 0 heterocycles. The number of aryl methyl sites for hydroxylation is 2. The largest absolute Gasteiger partial charge is 0.0827 e. The molecule has 1 aliphatic rings. The third-order valence-electron chi connectivity index (χ3n) is 2.88. The Hall–Kier alpha value is -0.720. The summed E-state index contributed by atoms with van der Waals surface area (Å²) in [5, 5.41) is 3.79. The van der Waals surface area contributed by atoms with Crippen LogP contribution in [-0.4, -0.2) is 0 Å². The van der Waals surface area contributed by atoms with Crippen molar-refractivity contribution in [2.75, 3.05) is 0 Å². The van der Waals surface area contributed by atoms with Crippen LogP contribution in [0.15, 0.2) is 24.3 Å². The molecule has 2 heteroatoms. The van der Waals surface area contributed by atoms with E-state index in [4.69, 9.17) is 23.2 Å². The van der Waals surface area contributed by atoms with Gasteiger partial charge in [0, 0.05) is 5.39 Å². The standard InChI is InChI=1S/C12H8Cl2/c13-10-6-8-5-4-7-2-1-3-9(11(7)8)12(10)14/h1-3,6H,4-5H2. The molecule has 0 aliphatic heterocycles. The predicted octanol–water partition coefficient (Wildman–Crippen LogP) is 4.25. The number of halogens is 2. The van der Waals surface area contributed by atoms with Crippen LogP contribution in [-0.2, 0) is 12.8 Å². The summed E-state index contributed by atoms with van der Waals surface area (Å²) >= 11 is 12.2. The monoisotopic (exact) mass is 222 g/mol. The van der Waals surface area contributed by atoms with Crippen molar-refractivity contribution in [3.63, 3.8) is 0 Å². The third kappa shape index (κ3) is 1.01. The first kappa shape index (κ1) is 8.58. The Morgan fingerprint density at radius 1 is 1.00 bits per heavy atom. The van der Waals surface area contributed by atoms with Crippen LogP contribution in [0.25, 0.3) is 10.8 Å².